The molecule has 10 heteroatoms. The monoisotopic (exact) mass is 411 g/mol. The summed E-state index contributed by atoms with van der Waals surface area (Å²) in [5, 5.41) is 15.1. The lowest BCUT2D eigenvalue weighted by molar-refractivity contribution is 0.0930. The van der Waals surface area contributed by atoms with E-state index in [0.717, 1.165) is 4.57 Å². The number of aromatic nitrogens is 3. The lowest BCUT2D eigenvalue weighted by Crippen LogP contribution is -2.35. The molecule has 0 unspecified atom stereocenters. The van der Waals surface area contributed by atoms with Crippen LogP contribution in [0.25, 0.3) is 0 Å². The third-order valence-electron chi connectivity index (χ3n) is 4.21. The Morgan fingerprint density at radius 3 is 2.43 bits per heavy atom. The maximum atomic E-state index is 13.0. The van der Waals surface area contributed by atoms with E-state index < -0.39 is 34.6 Å². The predicted octanol–water partition coefficient (Wildman–Crippen LogP) is 0.880. The number of nitrogens with one attached hydrogen (secondary N) is 2. The number of hydrogen-bond donors (Lipinski definition) is 3. The van der Waals surface area contributed by atoms with E-state index >= 15 is 0 Å². The number of amides is 2. The number of carbonyl (C=O) groups excluding carboxylic acids is 2. The number of carbonyl (C=O) groups is 2. The predicted molar refractivity (Wildman–Crippen MR) is 104 cm³/mol. The van der Waals surface area contributed by atoms with Gasteiger partial charge in [0.15, 0.2) is 5.69 Å². The van der Waals surface area contributed by atoms with E-state index in [4.69, 9.17) is 0 Å². The Hall–Kier alpha value is -4.08. The highest BCUT2D eigenvalue weighted by molar-refractivity contribution is 5.97. The minimum absolute atomic E-state index is 0.0106. The molecule has 0 atom stereocenters. The molecule has 9 nitrogen and oxygen atoms in total. The molecule has 30 heavy (non-hydrogen) atoms. The summed E-state index contributed by atoms with van der Waals surface area (Å²) in [6, 6.07) is 10.6. The van der Waals surface area contributed by atoms with Crippen molar-refractivity contribution in [3.63, 3.8) is 0 Å². The summed E-state index contributed by atoms with van der Waals surface area (Å²) in [5.41, 5.74) is -0.337. The third-order valence-corrected chi connectivity index (χ3v) is 4.21. The van der Waals surface area contributed by atoms with E-state index in [9.17, 15) is 23.9 Å². The highest BCUT2D eigenvalue weighted by Crippen LogP contribution is 2.10. The van der Waals surface area contributed by atoms with Crippen molar-refractivity contribution in [2.45, 2.75) is 13.1 Å². The van der Waals surface area contributed by atoms with Gasteiger partial charge in [-0.1, -0.05) is 18.2 Å². The highest BCUT2D eigenvalue weighted by atomic mass is 19.1. The molecule has 0 saturated heterocycles. The third kappa shape index (κ3) is 4.66. The van der Waals surface area contributed by atoms with Crippen molar-refractivity contribution in [3.05, 3.63) is 87.6 Å². The Labute approximate surface area is 170 Å². The summed E-state index contributed by atoms with van der Waals surface area (Å²) in [4.78, 5) is 45.1. The van der Waals surface area contributed by atoms with E-state index in [1.165, 1.54) is 31.3 Å². The van der Waals surface area contributed by atoms with Gasteiger partial charge >= 0.3 is 0 Å². The number of aromatic hydroxyl groups is 1. The Balaban J connectivity index is 1.78. The summed E-state index contributed by atoms with van der Waals surface area (Å²) in [5.74, 6) is -3.21. The van der Waals surface area contributed by atoms with Crippen molar-refractivity contribution in [3.8, 4) is 5.75 Å². The molecule has 2 aromatic heterocycles. The first-order valence-electron chi connectivity index (χ1n) is 8.87. The summed E-state index contributed by atoms with van der Waals surface area (Å²) in [6.07, 6.45) is 1.57. The van der Waals surface area contributed by atoms with Gasteiger partial charge in [-0.05, 0) is 29.8 Å². The van der Waals surface area contributed by atoms with Crippen molar-refractivity contribution < 1.29 is 19.1 Å². The molecular weight excluding hydrogens is 393 g/mol. The minimum Gasteiger partial charge on any atom is -0.501 e. The number of pyridine rings is 1. The molecule has 0 aliphatic heterocycles. The average Bonchev–Trinajstić information content (AvgIpc) is 2.76. The van der Waals surface area contributed by atoms with E-state index in [-0.39, 0.29) is 18.9 Å². The molecule has 0 saturated carbocycles. The standard InChI is InChI=1S/C20H18FN5O4/c1-26-17(19(29)24-11-14-4-2-3-9-22-14)25-15(16(27)20(26)30)18(28)23-10-12-5-7-13(21)8-6-12/h2-9,27H,10-11H2,1H3,(H,23,28)(H,24,29). The highest BCUT2D eigenvalue weighted by Gasteiger charge is 2.23. The fourth-order valence-corrected chi connectivity index (χ4v) is 2.57. The maximum absolute atomic E-state index is 13.0. The Morgan fingerprint density at radius 1 is 1.07 bits per heavy atom. The molecule has 0 spiro atoms. The van der Waals surface area contributed by atoms with E-state index in [1.54, 1.807) is 24.4 Å². The number of nitrogens with zero attached hydrogens (tertiary/aromatic N) is 3. The molecule has 0 radical (unpaired) electrons. The summed E-state index contributed by atoms with van der Waals surface area (Å²) < 4.78 is 13.8. The fourth-order valence-electron chi connectivity index (χ4n) is 2.57. The molecule has 3 N–H and O–H groups in total. The summed E-state index contributed by atoms with van der Waals surface area (Å²) in [7, 11) is 1.25. The maximum Gasteiger partial charge on any atom is 0.296 e. The van der Waals surface area contributed by atoms with Crippen LogP contribution in [0, 0.1) is 5.82 Å². The van der Waals surface area contributed by atoms with E-state index in [1.807, 2.05) is 0 Å². The first kappa shape index (κ1) is 20.6. The van der Waals surface area contributed by atoms with Gasteiger partial charge in [-0.3, -0.25) is 23.9 Å². The number of rotatable bonds is 6. The molecular formula is C20H18FN5O4. The number of benzene rings is 1. The first-order valence-corrected chi connectivity index (χ1v) is 8.87. The number of halogens is 1. The van der Waals surface area contributed by atoms with Gasteiger partial charge < -0.3 is 15.7 Å². The molecule has 3 aromatic rings. The van der Waals surface area contributed by atoms with Gasteiger partial charge in [0.1, 0.15) is 5.82 Å². The lowest BCUT2D eigenvalue weighted by atomic mass is 10.2. The van der Waals surface area contributed by atoms with Crippen LogP contribution >= 0.6 is 0 Å². The quantitative estimate of drug-likeness (QED) is 0.553. The van der Waals surface area contributed by atoms with Crippen molar-refractivity contribution in [2.75, 3.05) is 0 Å². The minimum atomic E-state index is -0.945. The second-order valence-electron chi connectivity index (χ2n) is 6.31. The van der Waals surface area contributed by atoms with Crippen LogP contribution in [-0.4, -0.2) is 31.5 Å². The molecule has 1 aromatic carbocycles. The fraction of sp³-hybridized carbons (Fsp3) is 0.150. The van der Waals surface area contributed by atoms with Gasteiger partial charge in [-0.25, -0.2) is 9.37 Å². The van der Waals surface area contributed by atoms with Crippen LogP contribution in [0.4, 0.5) is 4.39 Å². The van der Waals surface area contributed by atoms with Crippen molar-refractivity contribution in [1.82, 2.24) is 25.2 Å². The van der Waals surface area contributed by atoms with Crippen molar-refractivity contribution in [1.29, 1.82) is 0 Å². The zero-order chi connectivity index (χ0) is 21.7. The number of hydrogen-bond acceptors (Lipinski definition) is 6. The van der Waals surface area contributed by atoms with Crippen LogP contribution in [0.2, 0.25) is 0 Å². The molecule has 0 aliphatic carbocycles. The van der Waals surface area contributed by atoms with Crippen LogP contribution in [0.5, 0.6) is 5.75 Å². The Morgan fingerprint density at radius 2 is 1.77 bits per heavy atom. The van der Waals surface area contributed by atoms with E-state index in [0.29, 0.717) is 11.3 Å². The van der Waals surface area contributed by atoms with Gasteiger partial charge in [0.25, 0.3) is 17.4 Å². The summed E-state index contributed by atoms with van der Waals surface area (Å²) in [6.45, 7) is 0.0964. The van der Waals surface area contributed by atoms with Crippen LogP contribution in [0.15, 0.2) is 53.5 Å². The molecule has 3 rings (SSSR count). The van der Waals surface area contributed by atoms with Crippen LogP contribution < -0.4 is 16.2 Å². The largest absolute Gasteiger partial charge is 0.501 e. The molecule has 2 heterocycles. The van der Waals surface area contributed by atoms with Gasteiger partial charge in [0, 0.05) is 19.8 Å². The molecule has 2 amide bonds. The van der Waals surface area contributed by atoms with Crippen LogP contribution in [-0.2, 0) is 20.1 Å². The van der Waals surface area contributed by atoms with Gasteiger partial charge in [0.2, 0.25) is 11.6 Å². The van der Waals surface area contributed by atoms with Gasteiger partial charge in [0.05, 0.1) is 12.2 Å². The Bertz CT molecular complexity index is 1130. The smallest absolute Gasteiger partial charge is 0.296 e. The molecule has 0 fully saturated rings. The topological polar surface area (TPSA) is 126 Å². The zero-order valence-electron chi connectivity index (χ0n) is 15.9. The molecule has 0 bridgehead atoms. The van der Waals surface area contributed by atoms with Crippen molar-refractivity contribution in [2.24, 2.45) is 7.05 Å². The van der Waals surface area contributed by atoms with Crippen molar-refractivity contribution >= 4 is 11.8 Å². The van der Waals surface area contributed by atoms with Crippen LogP contribution in [0.1, 0.15) is 32.4 Å². The van der Waals surface area contributed by atoms with Crippen LogP contribution in [0.3, 0.4) is 0 Å². The summed E-state index contributed by atoms with van der Waals surface area (Å²) >= 11 is 0. The van der Waals surface area contributed by atoms with E-state index in [2.05, 4.69) is 20.6 Å². The normalized spacial score (nSPS) is 10.5. The average molecular weight is 411 g/mol. The van der Waals surface area contributed by atoms with Gasteiger partial charge in [-0.2, -0.15) is 0 Å². The molecule has 0 aliphatic rings. The Kier molecular flexibility index (Phi) is 6.16. The zero-order valence-corrected chi connectivity index (χ0v) is 15.9. The molecule has 154 valence electrons. The first-order chi connectivity index (χ1) is 14.4. The second kappa shape index (κ2) is 8.95. The second-order valence-corrected chi connectivity index (χ2v) is 6.31. The lowest BCUT2D eigenvalue weighted by Gasteiger charge is -2.12. The SMILES string of the molecule is Cn1c(C(=O)NCc2ccccn2)nc(C(=O)NCc2ccc(F)cc2)c(O)c1=O. The van der Waals surface area contributed by atoms with Gasteiger partial charge in [-0.15, -0.1) is 0 Å².